The highest BCUT2D eigenvalue weighted by Crippen LogP contribution is 2.34. The molecule has 0 spiro atoms. The quantitative estimate of drug-likeness (QED) is 0.751. The van der Waals surface area contributed by atoms with Crippen LogP contribution < -0.4 is 0 Å². The van der Waals surface area contributed by atoms with Crippen LogP contribution in [0.25, 0.3) is 0 Å². The Bertz CT molecular complexity index is 215. The van der Waals surface area contributed by atoms with E-state index in [1.54, 1.807) is 0 Å². The Morgan fingerprint density at radius 3 is 2.57 bits per heavy atom. The average molecular weight is 199 g/mol. The summed E-state index contributed by atoms with van der Waals surface area (Å²) in [5.74, 6) is 0.00251. The van der Waals surface area contributed by atoms with Gasteiger partial charge in [-0.3, -0.25) is 4.79 Å². The van der Waals surface area contributed by atoms with Crippen molar-refractivity contribution in [1.29, 1.82) is 0 Å². The summed E-state index contributed by atoms with van der Waals surface area (Å²) >= 11 is 0. The van der Waals surface area contributed by atoms with E-state index in [0.717, 1.165) is 32.5 Å². The normalized spacial score (nSPS) is 28.6. The first kappa shape index (κ1) is 11.5. The lowest BCUT2D eigenvalue weighted by Gasteiger charge is -2.23. The van der Waals surface area contributed by atoms with Gasteiger partial charge in [0, 0.05) is 13.1 Å². The maximum Gasteiger partial charge on any atom is 0.310 e. The van der Waals surface area contributed by atoms with Crippen molar-refractivity contribution < 1.29 is 9.90 Å². The zero-order chi connectivity index (χ0) is 10.8. The predicted octanol–water partition coefficient (Wildman–Crippen LogP) is 1.83. The van der Waals surface area contributed by atoms with Crippen molar-refractivity contribution in [2.24, 2.45) is 11.3 Å². The van der Waals surface area contributed by atoms with Crippen molar-refractivity contribution in [2.45, 2.75) is 33.6 Å². The Hall–Kier alpha value is -0.570. The second-order valence-electron chi connectivity index (χ2n) is 4.82. The number of hydrogen-bond acceptors (Lipinski definition) is 2. The Morgan fingerprint density at radius 2 is 2.21 bits per heavy atom. The fourth-order valence-electron chi connectivity index (χ4n) is 2.24. The van der Waals surface area contributed by atoms with E-state index < -0.39 is 11.4 Å². The molecule has 1 rings (SSSR count). The first-order valence-electron chi connectivity index (χ1n) is 5.46. The Kier molecular flexibility index (Phi) is 3.53. The second kappa shape index (κ2) is 4.30. The summed E-state index contributed by atoms with van der Waals surface area (Å²) in [6.07, 6.45) is 1.56. The minimum absolute atomic E-state index is 0.463. The highest BCUT2D eigenvalue weighted by Gasteiger charge is 2.42. The molecule has 0 saturated carbocycles. The van der Waals surface area contributed by atoms with Gasteiger partial charge in [-0.1, -0.05) is 20.8 Å². The molecular formula is C11H21NO2. The standard InChI is InChI=1S/C11H21NO2/c1-4-11(10(13)14)5-6-12(8-11)7-9(2)3/h9H,4-8H2,1-3H3,(H,13,14). The second-order valence-corrected chi connectivity index (χ2v) is 4.82. The van der Waals surface area contributed by atoms with Gasteiger partial charge < -0.3 is 10.0 Å². The minimum Gasteiger partial charge on any atom is -0.481 e. The van der Waals surface area contributed by atoms with E-state index in [2.05, 4.69) is 18.7 Å². The van der Waals surface area contributed by atoms with Gasteiger partial charge >= 0.3 is 5.97 Å². The highest BCUT2D eigenvalue weighted by molar-refractivity contribution is 5.75. The average Bonchev–Trinajstić information content (AvgIpc) is 2.48. The lowest BCUT2D eigenvalue weighted by atomic mass is 9.84. The summed E-state index contributed by atoms with van der Waals surface area (Å²) in [5, 5.41) is 9.19. The van der Waals surface area contributed by atoms with Crippen LogP contribution in [0.5, 0.6) is 0 Å². The lowest BCUT2D eigenvalue weighted by molar-refractivity contribution is -0.148. The van der Waals surface area contributed by atoms with Crippen molar-refractivity contribution in [1.82, 2.24) is 4.90 Å². The van der Waals surface area contributed by atoms with Gasteiger partial charge in [-0.15, -0.1) is 0 Å². The Labute approximate surface area is 86.1 Å². The third kappa shape index (κ3) is 2.27. The van der Waals surface area contributed by atoms with Crippen molar-refractivity contribution in [3.8, 4) is 0 Å². The van der Waals surface area contributed by atoms with E-state index in [1.807, 2.05) is 6.92 Å². The smallest absolute Gasteiger partial charge is 0.310 e. The van der Waals surface area contributed by atoms with Crippen molar-refractivity contribution in [2.75, 3.05) is 19.6 Å². The first-order valence-corrected chi connectivity index (χ1v) is 5.46. The molecule has 0 bridgehead atoms. The molecule has 0 aromatic carbocycles. The molecule has 0 aromatic heterocycles. The minimum atomic E-state index is -0.619. The fourth-order valence-corrected chi connectivity index (χ4v) is 2.24. The molecule has 1 aliphatic heterocycles. The number of nitrogens with zero attached hydrogens (tertiary/aromatic N) is 1. The zero-order valence-corrected chi connectivity index (χ0v) is 9.42. The van der Waals surface area contributed by atoms with Crippen LogP contribution in [0.2, 0.25) is 0 Å². The van der Waals surface area contributed by atoms with Gasteiger partial charge in [-0.05, 0) is 25.3 Å². The van der Waals surface area contributed by atoms with Crippen LogP contribution >= 0.6 is 0 Å². The lowest BCUT2D eigenvalue weighted by Crippen LogP contribution is -2.35. The molecule has 1 aliphatic rings. The number of carboxylic acids is 1. The number of carbonyl (C=O) groups is 1. The third-order valence-corrected chi connectivity index (χ3v) is 3.19. The van der Waals surface area contributed by atoms with E-state index in [9.17, 15) is 9.90 Å². The van der Waals surface area contributed by atoms with Gasteiger partial charge in [-0.2, -0.15) is 0 Å². The van der Waals surface area contributed by atoms with E-state index in [0.29, 0.717) is 5.92 Å². The largest absolute Gasteiger partial charge is 0.481 e. The third-order valence-electron chi connectivity index (χ3n) is 3.19. The van der Waals surface area contributed by atoms with E-state index in [-0.39, 0.29) is 0 Å². The molecule has 3 nitrogen and oxygen atoms in total. The van der Waals surface area contributed by atoms with Crippen molar-refractivity contribution >= 4 is 5.97 Å². The van der Waals surface area contributed by atoms with E-state index >= 15 is 0 Å². The molecule has 1 atom stereocenters. The van der Waals surface area contributed by atoms with Crippen LogP contribution in [-0.2, 0) is 4.79 Å². The SMILES string of the molecule is CCC1(C(=O)O)CCN(CC(C)C)C1. The molecule has 14 heavy (non-hydrogen) atoms. The van der Waals surface area contributed by atoms with Gasteiger partial charge in [0.1, 0.15) is 0 Å². The monoisotopic (exact) mass is 199 g/mol. The van der Waals surface area contributed by atoms with E-state index in [1.165, 1.54) is 0 Å². The molecule has 0 aliphatic carbocycles. The molecule has 1 heterocycles. The molecule has 1 saturated heterocycles. The van der Waals surface area contributed by atoms with E-state index in [4.69, 9.17) is 0 Å². The molecule has 3 heteroatoms. The summed E-state index contributed by atoms with van der Waals surface area (Å²) in [4.78, 5) is 13.4. The maximum atomic E-state index is 11.2. The molecule has 0 aromatic rings. The summed E-state index contributed by atoms with van der Waals surface area (Å²) in [7, 11) is 0. The number of rotatable bonds is 4. The molecule has 0 radical (unpaired) electrons. The van der Waals surface area contributed by atoms with Crippen LogP contribution in [0.1, 0.15) is 33.6 Å². The Morgan fingerprint density at radius 1 is 1.57 bits per heavy atom. The van der Waals surface area contributed by atoms with Gasteiger partial charge in [0.2, 0.25) is 0 Å². The highest BCUT2D eigenvalue weighted by atomic mass is 16.4. The molecule has 0 amide bonds. The Balaban J connectivity index is 2.57. The fraction of sp³-hybridized carbons (Fsp3) is 0.909. The predicted molar refractivity (Wildman–Crippen MR) is 56.3 cm³/mol. The van der Waals surface area contributed by atoms with Gasteiger partial charge in [0.15, 0.2) is 0 Å². The van der Waals surface area contributed by atoms with Gasteiger partial charge in [0.25, 0.3) is 0 Å². The number of hydrogen-bond donors (Lipinski definition) is 1. The summed E-state index contributed by atoms with van der Waals surface area (Å²) in [5.41, 5.74) is -0.463. The molecule has 1 N–H and O–H groups in total. The number of aliphatic carboxylic acids is 1. The van der Waals surface area contributed by atoms with Crippen molar-refractivity contribution in [3.63, 3.8) is 0 Å². The maximum absolute atomic E-state index is 11.2. The summed E-state index contributed by atoms with van der Waals surface area (Å²) < 4.78 is 0. The zero-order valence-electron chi connectivity index (χ0n) is 9.42. The molecule has 1 fully saturated rings. The van der Waals surface area contributed by atoms with Crippen molar-refractivity contribution in [3.05, 3.63) is 0 Å². The first-order chi connectivity index (χ1) is 6.50. The number of likely N-dealkylation sites (tertiary alicyclic amines) is 1. The molecule has 82 valence electrons. The number of carboxylic acid groups (broad SMARTS) is 1. The van der Waals surface area contributed by atoms with Crippen LogP contribution in [-0.4, -0.2) is 35.6 Å². The van der Waals surface area contributed by atoms with Gasteiger partial charge in [0.05, 0.1) is 5.41 Å². The molecular weight excluding hydrogens is 178 g/mol. The summed E-state index contributed by atoms with van der Waals surface area (Å²) in [6, 6.07) is 0. The molecule has 1 unspecified atom stereocenters. The van der Waals surface area contributed by atoms with Crippen LogP contribution in [0.15, 0.2) is 0 Å². The van der Waals surface area contributed by atoms with Crippen LogP contribution in [0, 0.1) is 11.3 Å². The topological polar surface area (TPSA) is 40.5 Å². The van der Waals surface area contributed by atoms with Crippen LogP contribution in [0.3, 0.4) is 0 Å². The van der Waals surface area contributed by atoms with Crippen LogP contribution in [0.4, 0.5) is 0 Å². The summed E-state index contributed by atoms with van der Waals surface area (Å²) in [6.45, 7) is 9.02. The van der Waals surface area contributed by atoms with Gasteiger partial charge in [-0.25, -0.2) is 0 Å².